The second kappa shape index (κ2) is 30.3. The summed E-state index contributed by atoms with van der Waals surface area (Å²) in [6.07, 6.45) is 0. The lowest BCUT2D eigenvalue weighted by atomic mass is 10.3. The number of ether oxygens (including phenoxy) is 6. The molecule has 12 nitrogen and oxygen atoms in total. The number of hydrogen-bond acceptors (Lipinski definition) is 10. The van der Waals surface area contributed by atoms with Gasteiger partial charge in [0.25, 0.3) is 11.9 Å². The third-order valence-corrected chi connectivity index (χ3v) is 3.63. The fourth-order valence-electron chi connectivity index (χ4n) is 1.75. The van der Waals surface area contributed by atoms with Crippen LogP contribution in [0.15, 0.2) is 0 Å². The highest BCUT2D eigenvalue weighted by molar-refractivity contribution is 6.30. The van der Waals surface area contributed by atoms with Crippen molar-refractivity contribution < 1.29 is 58.6 Å². The summed E-state index contributed by atoms with van der Waals surface area (Å²) in [6, 6.07) is 0. The van der Waals surface area contributed by atoms with Gasteiger partial charge in [0.05, 0.1) is 79.3 Å². The van der Waals surface area contributed by atoms with Crippen LogP contribution < -0.4 is 11.3 Å². The molecule has 192 valence electrons. The van der Waals surface area contributed by atoms with E-state index in [1.165, 1.54) is 0 Å². The summed E-state index contributed by atoms with van der Waals surface area (Å²) in [5.74, 6) is -0.841. The van der Waals surface area contributed by atoms with Crippen LogP contribution in [0.1, 0.15) is 0 Å². The second-order valence-electron chi connectivity index (χ2n) is 5.67. The summed E-state index contributed by atoms with van der Waals surface area (Å²) >= 11 is 10.1. The van der Waals surface area contributed by atoms with Crippen molar-refractivity contribution in [1.82, 2.24) is 0 Å². The van der Waals surface area contributed by atoms with Gasteiger partial charge in [-0.05, 0) is 0 Å². The van der Waals surface area contributed by atoms with Crippen LogP contribution in [-0.4, -0.2) is 118 Å². The van der Waals surface area contributed by atoms with Crippen LogP contribution in [0.5, 0.6) is 0 Å². The minimum Gasteiger partial charge on any atom is -0.643 e. The lowest BCUT2D eigenvalue weighted by Crippen LogP contribution is -2.56. The van der Waals surface area contributed by atoms with E-state index in [9.17, 15) is 9.59 Å². The summed E-state index contributed by atoms with van der Waals surface area (Å²) in [5.41, 5.74) is 6.79. The number of quaternary nitrogens is 2. The molecule has 0 amide bonds. The van der Waals surface area contributed by atoms with Gasteiger partial charge >= 0.3 is 15.2 Å². The molecule has 0 radical (unpaired) electrons. The highest BCUT2D eigenvalue weighted by Crippen LogP contribution is 1.86. The molecule has 0 aliphatic carbocycles. The molecule has 0 aromatic carbocycles. The first-order valence-corrected chi connectivity index (χ1v) is 11.8. The minimum absolute atomic E-state index is 0.0565. The van der Waals surface area contributed by atoms with Crippen molar-refractivity contribution in [1.29, 1.82) is 0 Å². The van der Waals surface area contributed by atoms with Crippen molar-refractivity contribution in [3.63, 3.8) is 0 Å². The summed E-state index contributed by atoms with van der Waals surface area (Å²) in [4.78, 5) is 20.1. The SMILES string of the molecule is C1COCCOCCOCCOCCOCCO1.[NH3+][BH2-]OC(=O)CCl.[NH3+][BH2-]OC(=O)CCl. The summed E-state index contributed by atoms with van der Waals surface area (Å²) < 4.78 is 40.8. The monoisotopic (exact) mass is 510 g/mol. The van der Waals surface area contributed by atoms with Crippen molar-refractivity contribution in [3.05, 3.63) is 0 Å². The van der Waals surface area contributed by atoms with Crippen LogP contribution in [0, 0.1) is 0 Å². The molecule has 0 atom stereocenters. The van der Waals surface area contributed by atoms with E-state index >= 15 is 0 Å². The van der Waals surface area contributed by atoms with Gasteiger partial charge in [-0.3, -0.25) is 9.59 Å². The highest BCUT2D eigenvalue weighted by Gasteiger charge is 1.95. The average Bonchev–Trinajstić information content (AvgIpc) is 2.80. The van der Waals surface area contributed by atoms with Gasteiger partial charge in [0, 0.05) is 0 Å². The molecule has 0 saturated carbocycles. The van der Waals surface area contributed by atoms with E-state index in [1.807, 2.05) is 0 Å². The van der Waals surface area contributed by atoms with E-state index in [4.69, 9.17) is 51.6 Å². The van der Waals surface area contributed by atoms with E-state index in [-0.39, 0.29) is 23.7 Å². The fourth-order valence-corrected chi connectivity index (χ4v) is 1.97. The van der Waals surface area contributed by atoms with Gasteiger partial charge < -0.3 is 49.0 Å². The van der Waals surface area contributed by atoms with Gasteiger partial charge in [0.2, 0.25) is 0 Å². The Balaban J connectivity index is 0. The third kappa shape index (κ3) is 31.5. The predicted octanol–water partition coefficient (Wildman–Crippen LogP) is -3.88. The maximum absolute atomic E-state index is 10.0. The minimum atomic E-state index is -0.730. The molecule has 1 heterocycles. The van der Waals surface area contributed by atoms with Crippen LogP contribution >= 0.6 is 23.2 Å². The van der Waals surface area contributed by atoms with Crippen LogP contribution in [0.2, 0.25) is 0 Å². The number of rotatable bonds is 4. The second-order valence-corrected chi connectivity index (χ2v) is 6.21. The van der Waals surface area contributed by atoms with E-state index in [2.05, 4.69) is 20.6 Å². The maximum atomic E-state index is 10.0. The van der Waals surface area contributed by atoms with E-state index < -0.39 is 15.2 Å². The Morgan fingerprint density at radius 3 is 0.844 bits per heavy atom. The molecule has 0 bridgehead atoms. The van der Waals surface area contributed by atoms with Gasteiger partial charge in [0.15, 0.2) is 0 Å². The number of halogens is 2. The molecule has 6 N–H and O–H groups in total. The molecular weight excluding hydrogens is 473 g/mol. The Morgan fingerprint density at radius 2 is 0.750 bits per heavy atom. The number of carbonyl (C=O) groups is 2. The van der Waals surface area contributed by atoms with Crippen molar-refractivity contribution in [2.24, 2.45) is 0 Å². The molecule has 0 aromatic heterocycles. The van der Waals surface area contributed by atoms with Gasteiger partial charge in [0.1, 0.15) is 11.8 Å². The molecule has 1 aliphatic heterocycles. The van der Waals surface area contributed by atoms with E-state index in [0.29, 0.717) is 79.3 Å². The van der Waals surface area contributed by atoms with Crippen LogP contribution in [0.3, 0.4) is 0 Å². The standard InChI is InChI=1S/C12H24O6.2C2H7BClNO2/c1-2-14-5-6-16-9-10-18-12-11-17-8-7-15-4-3-13-1;2*4-1-2(6)7-3-5/h1-12H2;2*1,3H2,5H3. The maximum Gasteiger partial charge on any atom is 0.357 e. The van der Waals surface area contributed by atoms with Crippen molar-refractivity contribution in [3.8, 4) is 0 Å². The van der Waals surface area contributed by atoms with Gasteiger partial charge in [-0.25, -0.2) is 0 Å². The van der Waals surface area contributed by atoms with E-state index in [1.54, 1.807) is 0 Å². The molecule has 0 aromatic rings. The van der Waals surface area contributed by atoms with Crippen molar-refractivity contribution >= 4 is 50.4 Å². The average molecular weight is 511 g/mol. The number of hydrogen-bond donors (Lipinski definition) is 2. The van der Waals surface area contributed by atoms with Gasteiger partial charge in [-0.1, -0.05) is 0 Å². The molecule has 1 aliphatic rings. The Morgan fingerprint density at radius 1 is 0.562 bits per heavy atom. The normalized spacial score (nSPS) is 17.1. The summed E-state index contributed by atoms with van der Waals surface area (Å²) in [5, 5.41) is 0. The molecule has 0 unspecified atom stereocenters. The Labute approximate surface area is 200 Å². The Hall–Kier alpha value is -0.670. The zero-order valence-corrected chi connectivity index (χ0v) is 20.7. The number of alkyl halides is 2. The Kier molecular flexibility index (Phi) is 31.8. The fraction of sp³-hybridized carbons (Fsp3) is 0.875. The van der Waals surface area contributed by atoms with E-state index in [0.717, 1.165) is 0 Å². The lowest BCUT2D eigenvalue weighted by Gasteiger charge is -2.09. The predicted molar refractivity (Wildman–Crippen MR) is 121 cm³/mol. The summed E-state index contributed by atoms with van der Waals surface area (Å²) in [7, 11) is -1.46. The van der Waals surface area contributed by atoms with Crippen molar-refractivity contribution in [2.45, 2.75) is 0 Å². The van der Waals surface area contributed by atoms with Crippen LogP contribution in [0.25, 0.3) is 0 Å². The molecule has 1 saturated heterocycles. The third-order valence-electron chi connectivity index (χ3n) is 3.19. The molecule has 1 rings (SSSR count). The van der Waals surface area contributed by atoms with Crippen LogP contribution in [-0.2, 0) is 47.3 Å². The lowest BCUT2D eigenvalue weighted by molar-refractivity contribution is -0.208. The summed E-state index contributed by atoms with van der Waals surface area (Å²) in [6.45, 7) is 7.04. The smallest absolute Gasteiger partial charge is 0.357 e. The molecular formula is C16H38B2Cl2N2O10. The largest absolute Gasteiger partial charge is 0.643 e. The quantitative estimate of drug-likeness (QED) is 0.282. The van der Waals surface area contributed by atoms with Gasteiger partial charge in [-0.2, -0.15) is 0 Å². The molecule has 0 spiro atoms. The number of carbonyl (C=O) groups excluding carboxylic acids is 2. The first kappa shape index (κ1) is 33.5. The topological polar surface area (TPSA) is 163 Å². The first-order valence-electron chi connectivity index (χ1n) is 10.8. The molecule has 1 fully saturated rings. The highest BCUT2D eigenvalue weighted by atomic mass is 35.5. The first-order chi connectivity index (χ1) is 15.6. The Bertz CT molecular complexity index is 328. The molecule has 16 heteroatoms. The zero-order chi connectivity index (χ0) is 24.1. The van der Waals surface area contributed by atoms with Crippen LogP contribution in [0.4, 0.5) is 0 Å². The van der Waals surface area contributed by atoms with Gasteiger partial charge in [-0.15, -0.1) is 23.2 Å². The van der Waals surface area contributed by atoms with Crippen molar-refractivity contribution in [2.75, 3.05) is 91.0 Å². The molecule has 32 heavy (non-hydrogen) atoms. The zero-order valence-electron chi connectivity index (χ0n) is 19.2.